The van der Waals surface area contributed by atoms with Gasteiger partial charge in [-0.2, -0.15) is 0 Å². The number of hydrogen-bond donors (Lipinski definition) is 2. The molecule has 14 heavy (non-hydrogen) atoms. The Morgan fingerprint density at radius 1 is 0.857 bits per heavy atom. The van der Waals surface area contributed by atoms with Gasteiger partial charge in [-0.3, -0.25) is 0 Å². The molecule has 0 unspecified atom stereocenters. The summed E-state index contributed by atoms with van der Waals surface area (Å²) in [6, 6.07) is 0. The maximum Gasteiger partial charge on any atom is 0.131 e. The molecule has 0 aliphatic rings. The Morgan fingerprint density at radius 3 is 1.50 bits per heavy atom. The second kappa shape index (κ2) is 12.5. The molecular weight excluding hydrogens is 353 g/mol. The minimum absolute atomic E-state index is 0. The van der Waals surface area contributed by atoms with E-state index in [0.29, 0.717) is 8.64 Å². The molecule has 0 amide bonds. The Hall–Kier alpha value is 1.40. The van der Waals surface area contributed by atoms with Gasteiger partial charge in [-0.15, -0.1) is 0 Å². The van der Waals surface area contributed by atoms with Crippen molar-refractivity contribution >= 4 is 56.6 Å². The van der Waals surface area contributed by atoms with Crippen molar-refractivity contribution in [2.45, 2.75) is 19.3 Å². The molecule has 0 spiro atoms. The van der Waals surface area contributed by atoms with Crippen LogP contribution in [0.15, 0.2) is 0 Å². The number of thiocarbonyl (C=S) groups is 2. The smallest absolute Gasteiger partial charge is 0.131 e. The Bertz CT molecular complexity index is 159. The van der Waals surface area contributed by atoms with Crippen molar-refractivity contribution in [3.8, 4) is 0 Å². The average molecular weight is 367 g/mol. The molecule has 0 aromatic rings. The van der Waals surface area contributed by atoms with E-state index < -0.39 is 0 Å². The summed E-state index contributed by atoms with van der Waals surface area (Å²) in [5.74, 6) is 2.04. The van der Waals surface area contributed by atoms with Crippen LogP contribution in [-0.2, 0) is 27.3 Å². The molecule has 78 valence electrons. The Balaban J connectivity index is 0. The topological polar surface area (TPSA) is 52.0 Å². The molecular formula is C7H14CdN2S4. The molecule has 0 radical (unpaired) electrons. The number of rotatable bonds is 6. The molecule has 0 atom stereocenters. The zero-order chi connectivity index (χ0) is 10.1. The van der Waals surface area contributed by atoms with Gasteiger partial charge >= 0.3 is 0 Å². The summed E-state index contributed by atoms with van der Waals surface area (Å²) >= 11 is 12.6. The molecule has 7 heteroatoms. The summed E-state index contributed by atoms with van der Waals surface area (Å²) in [7, 11) is 0. The standard InChI is InChI=1S/C7H14N2S4.Cd/c8-6(10)12-4-2-1-3-5-13-7(9)11;/h1-5H2,(H2,8,10)(H2,9,11);. The van der Waals surface area contributed by atoms with E-state index in [9.17, 15) is 0 Å². The molecule has 0 rings (SSSR count). The first-order valence-corrected chi connectivity index (χ1v) is 6.76. The summed E-state index contributed by atoms with van der Waals surface area (Å²) in [6.45, 7) is 0. The van der Waals surface area contributed by atoms with Crippen molar-refractivity contribution in [3.63, 3.8) is 0 Å². The van der Waals surface area contributed by atoms with Crippen molar-refractivity contribution in [1.29, 1.82) is 0 Å². The fourth-order valence-electron chi connectivity index (χ4n) is 0.726. The summed E-state index contributed by atoms with van der Waals surface area (Å²) in [6.07, 6.45) is 3.49. The maximum absolute atomic E-state index is 5.33. The van der Waals surface area contributed by atoms with Crippen molar-refractivity contribution < 1.29 is 27.3 Å². The minimum atomic E-state index is 0. The van der Waals surface area contributed by atoms with Crippen LogP contribution in [0, 0.1) is 0 Å². The van der Waals surface area contributed by atoms with Gasteiger partial charge in [0.2, 0.25) is 0 Å². The summed E-state index contributed by atoms with van der Waals surface area (Å²) in [5, 5.41) is 0. The van der Waals surface area contributed by atoms with E-state index in [1.165, 1.54) is 6.42 Å². The van der Waals surface area contributed by atoms with Crippen LogP contribution >= 0.6 is 48.0 Å². The second-order valence-electron chi connectivity index (χ2n) is 2.40. The zero-order valence-electron chi connectivity index (χ0n) is 8.03. The Kier molecular flexibility index (Phi) is 15.8. The van der Waals surface area contributed by atoms with Crippen LogP contribution in [0.25, 0.3) is 0 Å². The van der Waals surface area contributed by atoms with E-state index in [1.54, 1.807) is 23.5 Å². The van der Waals surface area contributed by atoms with E-state index >= 15 is 0 Å². The number of unbranched alkanes of at least 4 members (excludes halogenated alkanes) is 2. The van der Waals surface area contributed by atoms with Gasteiger partial charge in [0.1, 0.15) is 8.64 Å². The fraction of sp³-hybridized carbons (Fsp3) is 0.714. The number of thioether (sulfide) groups is 2. The van der Waals surface area contributed by atoms with Crippen molar-refractivity contribution in [3.05, 3.63) is 0 Å². The molecule has 0 saturated carbocycles. The predicted molar refractivity (Wildman–Crippen MR) is 72.3 cm³/mol. The van der Waals surface area contributed by atoms with Crippen LogP contribution in [0.3, 0.4) is 0 Å². The molecule has 0 saturated heterocycles. The molecule has 2 nitrogen and oxygen atoms in total. The SMILES string of the molecule is NC(=S)SCCCCCSC(N)=S.[Cd]. The first-order valence-electron chi connectivity index (χ1n) is 3.97. The van der Waals surface area contributed by atoms with E-state index in [-0.39, 0.29) is 27.3 Å². The van der Waals surface area contributed by atoms with Crippen LogP contribution in [-0.4, -0.2) is 20.1 Å². The van der Waals surface area contributed by atoms with E-state index in [0.717, 1.165) is 24.3 Å². The molecule has 0 aliphatic heterocycles. The molecule has 0 bridgehead atoms. The molecule has 4 N–H and O–H groups in total. The monoisotopic (exact) mass is 368 g/mol. The van der Waals surface area contributed by atoms with Gasteiger partial charge in [-0.25, -0.2) is 0 Å². The fourth-order valence-corrected chi connectivity index (χ4v) is 2.33. The van der Waals surface area contributed by atoms with Gasteiger partial charge in [0.25, 0.3) is 0 Å². The first-order chi connectivity index (χ1) is 6.13. The van der Waals surface area contributed by atoms with E-state index in [4.69, 9.17) is 35.9 Å². The van der Waals surface area contributed by atoms with Gasteiger partial charge in [-0.05, 0) is 12.8 Å². The molecule has 0 aliphatic carbocycles. The zero-order valence-corrected chi connectivity index (χ0v) is 15.3. The van der Waals surface area contributed by atoms with E-state index in [2.05, 4.69) is 0 Å². The molecule has 0 aromatic carbocycles. The summed E-state index contributed by atoms with van der Waals surface area (Å²) in [5.41, 5.74) is 10.7. The van der Waals surface area contributed by atoms with Gasteiger partial charge < -0.3 is 11.5 Å². The van der Waals surface area contributed by atoms with Crippen LogP contribution in [0.1, 0.15) is 19.3 Å². The second-order valence-corrected chi connectivity index (χ2v) is 6.07. The third-order valence-electron chi connectivity index (χ3n) is 1.28. The van der Waals surface area contributed by atoms with Gasteiger partial charge in [0.05, 0.1) is 0 Å². The van der Waals surface area contributed by atoms with Gasteiger partial charge in [0, 0.05) is 38.8 Å². The minimum Gasteiger partial charge on any atom is -0.385 e. The van der Waals surface area contributed by atoms with Gasteiger partial charge in [-0.1, -0.05) is 54.4 Å². The summed E-state index contributed by atoms with van der Waals surface area (Å²) in [4.78, 5) is 0. The molecule has 0 aromatic heterocycles. The predicted octanol–water partition coefficient (Wildman–Crippen LogP) is 2.11. The van der Waals surface area contributed by atoms with Crippen LogP contribution in [0.5, 0.6) is 0 Å². The van der Waals surface area contributed by atoms with Crippen LogP contribution in [0.4, 0.5) is 0 Å². The third-order valence-corrected chi connectivity index (χ3v) is 3.54. The Morgan fingerprint density at radius 2 is 1.21 bits per heavy atom. The molecule has 0 fully saturated rings. The average Bonchev–Trinajstić information content (AvgIpc) is 2.01. The normalized spacial score (nSPS) is 9.14. The molecule has 0 heterocycles. The largest absolute Gasteiger partial charge is 0.385 e. The van der Waals surface area contributed by atoms with Gasteiger partial charge in [0.15, 0.2) is 0 Å². The Labute approximate surface area is 125 Å². The van der Waals surface area contributed by atoms with Crippen LogP contribution < -0.4 is 11.5 Å². The number of nitrogens with two attached hydrogens (primary N) is 2. The van der Waals surface area contributed by atoms with Crippen LogP contribution in [0.2, 0.25) is 0 Å². The van der Waals surface area contributed by atoms with Crippen molar-refractivity contribution in [2.24, 2.45) is 11.5 Å². The third kappa shape index (κ3) is 15.9. The van der Waals surface area contributed by atoms with Crippen molar-refractivity contribution in [1.82, 2.24) is 0 Å². The number of hydrogen-bond acceptors (Lipinski definition) is 4. The summed E-state index contributed by atoms with van der Waals surface area (Å²) < 4.78 is 1.08. The van der Waals surface area contributed by atoms with E-state index in [1.807, 2.05) is 0 Å². The van der Waals surface area contributed by atoms with Crippen molar-refractivity contribution in [2.75, 3.05) is 11.5 Å². The first kappa shape index (κ1) is 17.8. The quantitative estimate of drug-likeness (QED) is 0.426. The maximum atomic E-state index is 5.33.